The van der Waals surface area contributed by atoms with Gasteiger partial charge in [-0.25, -0.2) is 0 Å². The summed E-state index contributed by atoms with van der Waals surface area (Å²) in [5, 5.41) is 30.5. The number of allylic oxidation sites excluding steroid dienone is 6. The van der Waals surface area contributed by atoms with Crippen LogP contribution in [0.5, 0.6) is 17.2 Å². The topological polar surface area (TPSA) is 90.9 Å². The largest absolute Gasteiger partial charge is 0.508 e. The van der Waals surface area contributed by atoms with E-state index in [-0.39, 0.29) is 28.2 Å². The van der Waals surface area contributed by atoms with Crippen molar-refractivity contribution in [2.75, 3.05) is 0 Å². The van der Waals surface area contributed by atoms with Gasteiger partial charge in [-0.2, -0.15) is 0 Å². The van der Waals surface area contributed by atoms with Gasteiger partial charge in [0, 0.05) is 23.3 Å². The quantitative estimate of drug-likeness (QED) is 0.279. The second-order valence-electron chi connectivity index (χ2n) is 9.28. The summed E-state index contributed by atoms with van der Waals surface area (Å²) in [4.78, 5) is 12.8. The van der Waals surface area contributed by atoms with E-state index in [2.05, 4.69) is 32.9 Å². The van der Waals surface area contributed by atoms with Crippen molar-refractivity contribution in [1.82, 2.24) is 0 Å². The lowest BCUT2D eigenvalue weighted by Gasteiger charge is -2.11. The van der Waals surface area contributed by atoms with E-state index in [9.17, 15) is 20.1 Å². The van der Waals surface area contributed by atoms with Gasteiger partial charge < -0.3 is 19.7 Å². The first kappa shape index (κ1) is 25.9. The molecule has 0 aliphatic carbocycles. The van der Waals surface area contributed by atoms with Crippen molar-refractivity contribution in [1.29, 1.82) is 0 Å². The molecule has 0 radical (unpaired) electrons. The summed E-state index contributed by atoms with van der Waals surface area (Å²) in [7, 11) is 0. The fraction of sp³-hybridized carbons (Fsp3) is 0.300. The Kier molecular flexibility index (Phi) is 8.58. The minimum absolute atomic E-state index is 0.0429. The molecular formula is C30H34O5. The third kappa shape index (κ3) is 6.89. The van der Waals surface area contributed by atoms with Crippen LogP contribution in [0.25, 0.3) is 22.3 Å². The third-order valence-corrected chi connectivity index (χ3v) is 5.99. The molecule has 0 saturated carbocycles. The molecule has 3 N–H and O–H groups in total. The zero-order chi connectivity index (χ0) is 25.5. The van der Waals surface area contributed by atoms with Crippen molar-refractivity contribution in [2.24, 2.45) is 0 Å². The molecule has 35 heavy (non-hydrogen) atoms. The van der Waals surface area contributed by atoms with Crippen LogP contribution in [-0.2, 0) is 6.42 Å². The molecule has 184 valence electrons. The maximum Gasteiger partial charge on any atom is 0.197 e. The molecule has 2 aromatic carbocycles. The van der Waals surface area contributed by atoms with E-state index in [1.54, 1.807) is 12.1 Å². The van der Waals surface area contributed by atoms with Crippen molar-refractivity contribution in [3.63, 3.8) is 0 Å². The molecule has 5 heteroatoms. The molecule has 0 atom stereocenters. The summed E-state index contributed by atoms with van der Waals surface area (Å²) < 4.78 is 6.02. The number of rotatable bonds is 9. The molecule has 5 nitrogen and oxygen atoms in total. The number of fused-ring (bicyclic) bond motifs is 1. The Morgan fingerprint density at radius 1 is 0.829 bits per heavy atom. The average Bonchev–Trinajstić information content (AvgIpc) is 2.78. The number of benzene rings is 2. The summed E-state index contributed by atoms with van der Waals surface area (Å²) in [6, 6.07) is 8.79. The maximum atomic E-state index is 12.8. The molecule has 0 unspecified atom stereocenters. The predicted molar refractivity (Wildman–Crippen MR) is 142 cm³/mol. The minimum Gasteiger partial charge on any atom is -0.508 e. The highest BCUT2D eigenvalue weighted by Crippen LogP contribution is 2.36. The van der Waals surface area contributed by atoms with Gasteiger partial charge in [-0.05, 0) is 84.1 Å². The first-order valence-corrected chi connectivity index (χ1v) is 11.9. The van der Waals surface area contributed by atoms with E-state index in [4.69, 9.17) is 4.42 Å². The van der Waals surface area contributed by atoms with E-state index in [0.29, 0.717) is 23.3 Å². The van der Waals surface area contributed by atoms with Gasteiger partial charge in [-0.15, -0.1) is 0 Å². The van der Waals surface area contributed by atoms with Crippen molar-refractivity contribution in [3.8, 4) is 28.6 Å². The second-order valence-corrected chi connectivity index (χ2v) is 9.28. The molecule has 0 saturated heterocycles. The van der Waals surface area contributed by atoms with Crippen molar-refractivity contribution in [2.45, 2.75) is 59.8 Å². The summed E-state index contributed by atoms with van der Waals surface area (Å²) in [5.74, 6) is -0.0451. The smallest absolute Gasteiger partial charge is 0.197 e. The van der Waals surface area contributed by atoms with Crippen LogP contribution in [-0.4, -0.2) is 15.3 Å². The Balaban J connectivity index is 1.84. The van der Waals surface area contributed by atoms with E-state index >= 15 is 0 Å². The molecule has 0 amide bonds. The zero-order valence-electron chi connectivity index (χ0n) is 20.9. The average molecular weight is 475 g/mol. The summed E-state index contributed by atoms with van der Waals surface area (Å²) in [6.45, 7) is 8.43. The van der Waals surface area contributed by atoms with Crippen LogP contribution in [0.3, 0.4) is 0 Å². The molecule has 0 aliphatic heterocycles. The van der Waals surface area contributed by atoms with Gasteiger partial charge in [0.1, 0.15) is 34.0 Å². The SMILES string of the molecule is CC(C)=CCC/C(C)=C/CC/C(C)=C/Cc1c(O)cc(O)c2c(=O)cc(-c3ccc(O)cc3)oc12. The molecule has 0 aliphatic rings. The van der Waals surface area contributed by atoms with Crippen molar-refractivity contribution < 1.29 is 19.7 Å². The standard InChI is InChI=1S/C30H34O5/c1-19(2)7-5-8-20(3)9-6-10-21(4)11-16-24-25(32)17-26(33)29-27(34)18-28(35-30(24)29)22-12-14-23(31)15-13-22/h7,9,11-15,17-18,31-33H,5-6,8,10,16H2,1-4H3/b20-9+,21-11+. The summed E-state index contributed by atoms with van der Waals surface area (Å²) in [6.07, 6.45) is 10.8. The van der Waals surface area contributed by atoms with Crippen LogP contribution in [0.15, 0.2) is 80.6 Å². The molecule has 1 heterocycles. The summed E-state index contributed by atoms with van der Waals surface area (Å²) >= 11 is 0. The van der Waals surface area contributed by atoms with Crippen molar-refractivity contribution >= 4 is 11.0 Å². The lowest BCUT2D eigenvalue weighted by atomic mass is 10.0. The van der Waals surface area contributed by atoms with Gasteiger partial charge >= 0.3 is 0 Å². The Bertz CT molecular complexity index is 1330. The lowest BCUT2D eigenvalue weighted by molar-refractivity contribution is 0.448. The van der Waals surface area contributed by atoms with Gasteiger partial charge in [-0.3, -0.25) is 4.79 Å². The van der Waals surface area contributed by atoms with E-state index in [1.807, 2.05) is 13.0 Å². The Morgan fingerprint density at radius 2 is 1.46 bits per heavy atom. The predicted octanol–water partition coefficient (Wildman–Crippen LogP) is 7.54. The lowest BCUT2D eigenvalue weighted by Crippen LogP contribution is -2.03. The van der Waals surface area contributed by atoms with Gasteiger partial charge in [-0.1, -0.05) is 34.9 Å². The Hall–Kier alpha value is -3.73. The van der Waals surface area contributed by atoms with Crippen LogP contribution >= 0.6 is 0 Å². The number of aromatic hydroxyl groups is 3. The summed E-state index contributed by atoms with van der Waals surface area (Å²) in [5.41, 5.74) is 4.70. The normalized spacial score (nSPS) is 12.2. The monoisotopic (exact) mass is 474 g/mol. The molecule has 1 aromatic heterocycles. The number of hydrogen-bond donors (Lipinski definition) is 3. The highest BCUT2D eigenvalue weighted by Gasteiger charge is 2.18. The zero-order valence-corrected chi connectivity index (χ0v) is 20.9. The molecule has 3 rings (SSSR count). The molecule has 0 spiro atoms. The second kappa shape index (κ2) is 11.6. The van der Waals surface area contributed by atoms with Gasteiger partial charge in [0.15, 0.2) is 5.43 Å². The molecule has 0 fully saturated rings. The highest BCUT2D eigenvalue weighted by molar-refractivity contribution is 5.89. The van der Waals surface area contributed by atoms with E-state index < -0.39 is 5.43 Å². The minimum atomic E-state index is -0.400. The fourth-order valence-electron chi connectivity index (χ4n) is 3.93. The van der Waals surface area contributed by atoms with Crippen LogP contribution < -0.4 is 5.43 Å². The third-order valence-electron chi connectivity index (χ3n) is 5.99. The molecule has 0 bridgehead atoms. The Morgan fingerprint density at radius 3 is 2.11 bits per heavy atom. The number of phenols is 3. The van der Waals surface area contributed by atoms with Crippen LogP contribution in [0.2, 0.25) is 0 Å². The highest BCUT2D eigenvalue weighted by atomic mass is 16.3. The van der Waals surface area contributed by atoms with E-state index in [1.165, 1.54) is 35.4 Å². The van der Waals surface area contributed by atoms with Gasteiger partial charge in [0.2, 0.25) is 0 Å². The fourth-order valence-corrected chi connectivity index (χ4v) is 3.93. The van der Waals surface area contributed by atoms with Crippen molar-refractivity contribution in [3.05, 3.63) is 87.1 Å². The first-order chi connectivity index (χ1) is 16.7. The van der Waals surface area contributed by atoms with Crippen LogP contribution in [0, 0.1) is 0 Å². The molecule has 3 aromatic rings. The number of phenolic OH excluding ortho intramolecular Hbond substituents is 3. The van der Waals surface area contributed by atoms with Crippen LogP contribution in [0.4, 0.5) is 0 Å². The number of hydrogen-bond acceptors (Lipinski definition) is 5. The molecular weight excluding hydrogens is 440 g/mol. The first-order valence-electron chi connectivity index (χ1n) is 11.9. The Labute approximate surface area is 206 Å². The van der Waals surface area contributed by atoms with Crippen LogP contribution in [0.1, 0.15) is 58.9 Å². The van der Waals surface area contributed by atoms with Gasteiger partial charge in [0.05, 0.1) is 0 Å². The van der Waals surface area contributed by atoms with E-state index in [0.717, 1.165) is 31.3 Å². The van der Waals surface area contributed by atoms with Gasteiger partial charge in [0.25, 0.3) is 0 Å². The maximum absolute atomic E-state index is 12.8.